The van der Waals surface area contributed by atoms with Gasteiger partial charge < -0.3 is 15.4 Å². The number of aromatic nitrogens is 2. The zero-order chi connectivity index (χ0) is 25.4. The second kappa shape index (κ2) is 10.3. The Hall–Kier alpha value is -3.35. The highest BCUT2D eigenvalue weighted by atomic mass is 35.5. The van der Waals surface area contributed by atoms with E-state index in [-0.39, 0.29) is 34.2 Å². The van der Waals surface area contributed by atoms with Gasteiger partial charge in [-0.1, -0.05) is 12.1 Å². The summed E-state index contributed by atoms with van der Waals surface area (Å²) in [5.41, 5.74) is 1.87. The van der Waals surface area contributed by atoms with Crippen LogP contribution in [0.5, 0.6) is 5.75 Å². The molecule has 0 unspecified atom stereocenters. The molecule has 7 nitrogen and oxygen atoms in total. The summed E-state index contributed by atoms with van der Waals surface area (Å²) in [6.07, 6.45) is -2.15. The van der Waals surface area contributed by atoms with Gasteiger partial charge in [0, 0.05) is 18.3 Å². The Balaban J connectivity index is 0.00000361. The second-order valence-electron chi connectivity index (χ2n) is 7.71. The fraction of sp³-hybridized carbons (Fsp3) is 0.174. The molecule has 0 bridgehead atoms. The SMILES string of the molecule is CNCc1cn(S(=O)(=O)c2cccc(F)c2)c2cc(Nc3ccc(C)cc3OC(F)(F)F)cnc12.Cl. The summed E-state index contributed by atoms with van der Waals surface area (Å²) in [5.74, 6) is -1.16. The lowest BCUT2D eigenvalue weighted by Gasteiger charge is -2.15. The van der Waals surface area contributed by atoms with Crippen LogP contribution in [0, 0.1) is 12.7 Å². The predicted octanol–water partition coefficient (Wildman–Crippen LogP) is 5.50. The molecular formula is C23H21ClF4N4O3S. The number of fused-ring (bicyclic) bond motifs is 1. The van der Waals surface area contributed by atoms with E-state index < -0.39 is 28.0 Å². The van der Waals surface area contributed by atoms with Crippen molar-refractivity contribution in [3.05, 3.63) is 77.9 Å². The van der Waals surface area contributed by atoms with Crippen LogP contribution in [0.2, 0.25) is 0 Å². The van der Waals surface area contributed by atoms with Gasteiger partial charge in [0.25, 0.3) is 10.0 Å². The molecule has 2 heterocycles. The number of benzene rings is 2. The molecule has 13 heteroatoms. The number of halogens is 5. The number of hydrogen-bond donors (Lipinski definition) is 2. The first kappa shape index (κ1) is 27.2. The van der Waals surface area contributed by atoms with Crippen LogP contribution in [-0.2, 0) is 16.6 Å². The molecule has 0 amide bonds. The van der Waals surface area contributed by atoms with E-state index in [1.807, 2.05) is 0 Å². The fourth-order valence-corrected chi connectivity index (χ4v) is 4.97. The number of anilines is 2. The lowest BCUT2D eigenvalue weighted by molar-refractivity contribution is -0.274. The van der Waals surface area contributed by atoms with Crippen molar-refractivity contribution in [2.45, 2.75) is 24.7 Å². The van der Waals surface area contributed by atoms with Gasteiger partial charge in [0.1, 0.15) is 5.82 Å². The standard InChI is InChI=1S/C23H20F4N4O3S.ClH/c1-14-6-7-19(21(8-14)34-23(25,26)27)30-17-10-20-22(29-12-17)15(11-28-2)13-31(20)35(32,33)18-5-3-4-16(24)9-18;/h3-10,12-13,28,30H,11H2,1-2H3;1H. The summed E-state index contributed by atoms with van der Waals surface area (Å²) in [4.78, 5) is 4.08. The molecular weight excluding hydrogens is 524 g/mol. The van der Waals surface area contributed by atoms with E-state index in [0.717, 1.165) is 16.1 Å². The molecule has 0 saturated heterocycles. The highest BCUT2D eigenvalue weighted by Gasteiger charge is 2.32. The van der Waals surface area contributed by atoms with Gasteiger partial charge in [-0.05, 0) is 55.9 Å². The molecule has 0 aliphatic heterocycles. The van der Waals surface area contributed by atoms with E-state index in [2.05, 4.69) is 20.4 Å². The molecule has 4 rings (SSSR count). The Bertz CT molecular complexity index is 1510. The van der Waals surface area contributed by atoms with Gasteiger partial charge in [-0.15, -0.1) is 25.6 Å². The minimum absolute atomic E-state index is 0. The summed E-state index contributed by atoms with van der Waals surface area (Å²) in [6.45, 7) is 1.91. The number of pyridine rings is 1. The van der Waals surface area contributed by atoms with Crippen molar-refractivity contribution in [1.29, 1.82) is 0 Å². The number of nitrogens with one attached hydrogen (secondary N) is 2. The van der Waals surface area contributed by atoms with E-state index in [1.165, 1.54) is 42.7 Å². The average molecular weight is 545 g/mol. The maximum atomic E-state index is 13.7. The first-order valence-electron chi connectivity index (χ1n) is 10.3. The summed E-state index contributed by atoms with van der Waals surface area (Å²) in [7, 11) is -2.53. The zero-order valence-electron chi connectivity index (χ0n) is 18.9. The minimum atomic E-state index is -4.90. The van der Waals surface area contributed by atoms with Crippen LogP contribution in [0.1, 0.15) is 11.1 Å². The lowest BCUT2D eigenvalue weighted by atomic mass is 10.2. The number of nitrogens with zero attached hydrogens (tertiary/aromatic N) is 2. The summed E-state index contributed by atoms with van der Waals surface area (Å²) < 4.78 is 84.1. The van der Waals surface area contributed by atoms with Crippen molar-refractivity contribution in [2.75, 3.05) is 12.4 Å². The van der Waals surface area contributed by atoms with Gasteiger partial charge in [0.05, 0.1) is 33.5 Å². The topological polar surface area (TPSA) is 85.2 Å². The van der Waals surface area contributed by atoms with Crippen molar-refractivity contribution in [2.24, 2.45) is 0 Å². The number of alkyl halides is 3. The third-order valence-electron chi connectivity index (χ3n) is 5.04. The maximum absolute atomic E-state index is 13.7. The molecule has 192 valence electrons. The Morgan fingerprint density at radius 1 is 1.11 bits per heavy atom. The van der Waals surface area contributed by atoms with Crippen molar-refractivity contribution >= 4 is 44.8 Å². The summed E-state index contributed by atoms with van der Waals surface area (Å²) >= 11 is 0. The number of aryl methyl sites for hydroxylation is 1. The highest BCUT2D eigenvalue weighted by Crippen LogP contribution is 2.34. The average Bonchev–Trinajstić information content (AvgIpc) is 3.13. The van der Waals surface area contributed by atoms with Crippen molar-refractivity contribution in [1.82, 2.24) is 14.3 Å². The quantitative estimate of drug-likeness (QED) is 0.299. The van der Waals surface area contributed by atoms with E-state index in [4.69, 9.17) is 0 Å². The number of rotatable bonds is 7. The molecule has 2 N–H and O–H groups in total. The molecule has 4 aromatic rings. The van der Waals surface area contributed by atoms with Gasteiger partial charge >= 0.3 is 6.36 Å². The van der Waals surface area contributed by atoms with Gasteiger partial charge in [0.15, 0.2) is 5.75 Å². The molecule has 0 atom stereocenters. The molecule has 2 aromatic heterocycles. The molecule has 0 radical (unpaired) electrons. The van der Waals surface area contributed by atoms with E-state index in [9.17, 15) is 26.0 Å². The van der Waals surface area contributed by atoms with Crippen LogP contribution >= 0.6 is 12.4 Å². The van der Waals surface area contributed by atoms with E-state index >= 15 is 0 Å². The second-order valence-corrected chi connectivity index (χ2v) is 9.52. The zero-order valence-corrected chi connectivity index (χ0v) is 20.6. The molecule has 36 heavy (non-hydrogen) atoms. The van der Waals surface area contributed by atoms with Crippen LogP contribution in [0.15, 0.2) is 65.8 Å². The van der Waals surface area contributed by atoms with Crippen LogP contribution in [0.3, 0.4) is 0 Å². The van der Waals surface area contributed by atoms with Crippen LogP contribution in [0.4, 0.5) is 28.9 Å². The third-order valence-corrected chi connectivity index (χ3v) is 6.71. The van der Waals surface area contributed by atoms with Crippen molar-refractivity contribution in [3.63, 3.8) is 0 Å². The molecule has 0 aliphatic rings. The van der Waals surface area contributed by atoms with Gasteiger partial charge in [-0.2, -0.15) is 0 Å². The highest BCUT2D eigenvalue weighted by molar-refractivity contribution is 7.90. The number of hydrogen-bond acceptors (Lipinski definition) is 6. The molecule has 2 aromatic carbocycles. The van der Waals surface area contributed by atoms with Crippen LogP contribution < -0.4 is 15.4 Å². The first-order valence-corrected chi connectivity index (χ1v) is 11.7. The predicted molar refractivity (Wildman–Crippen MR) is 130 cm³/mol. The Morgan fingerprint density at radius 3 is 2.53 bits per heavy atom. The Kier molecular flexibility index (Phi) is 7.82. The van der Waals surface area contributed by atoms with Crippen LogP contribution in [0.25, 0.3) is 11.0 Å². The summed E-state index contributed by atoms with van der Waals surface area (Å²) in [6, 6.07) is 10.3. The fourth-order valence-electron chi connectivity index (χ4n) is 3.57. The summed E-state index contributed by atoms with van der Waals surface area (Å²) in [5, 5.41) is 5.74. The number of ether oxygens (including phenoxy) is 1. The van der Waals surface area contributed by atoms with Gasteiger partial charge in [-0.3, -0.25) is 4.98 Å². The van der Waals surface area contributed by atoms with E-state index in [1.54, 1.807) is 20.0 Å². The maximum Gasteiger partial charge on any atom is 0.573 e. The lowest BCUT2D eigenvalue weighted by Crippen LogP contribution is -2.18. The van der Waals surface area contributed by atoms with Crippen molar-refractivity contribution < 1.29 is 30.7 Å². The molecule has 0 spiro atoms. The van der Waals surface area contributed by atoms with Crippen molar-refractivity contribution in [3.8, 4) is 5.75 Å². The Morgan fingerprint density at radius 2 is 1.86 bits per heavy atom. The minimum Gasteiger partial charge on any atom is -0.404 e. The van der Waals surface area contributed by atoms with E-state index in [0.29, 0.717) is 23.2 Å². The molecule has 0 aliphatic carbocycles. The smallest absolute Gasteiger partial charge is 0.404 e. The van der Waals surface area contributed by atoms with Gasteiger partial charge in [-0.25, -0.2) is 16.8 Å². The van der Waals surface area contributed by atoms with Crippen LogP contribution in [-0.4, -0.2) is 30.8 Å². The van der Waals surface area contributed by atoms with Gasteiger partial charge in [0.2, 0.25) is 0 Å². The molecule has 0 saturated carbocycles. The normalized spacial score (nSPS) is 11.8. The monoisotopic (exact) mass is 544 g/mol. The Labute approximate surface area is 210 Å². The molecule has 0 fully saturated rings. The largest absolute Gasteiger partial charge is 0.573 e. The first-order chi connectivity index (χ1) is 16.5. The third kappa shape index (κ3) is 5.72.